The lowest BCUT2D eigenvalue weighted by Crippen LogP contribution is -2.59. The Bertz CT molecular complexity index is 2530. The maximum Gasteiger partial charge on any atom is 0.276 e. The van der Waals surface area contributed by atoms with Gasteiger partial charge in [-0.25, -0.2) is 4.39 Å². The van der Waals surface area contributed by atoms with Crippen molar-refractivity contribution in [1.29, 1.82) is 0 Å². The molecule has 3 aliphatic rings. The number of nitrogens with zero attached hydrogens (tertiary/aromatic N) is 5. The Morgan fingerprint density at radius 3 is 2.40 bits per heavy atom. The van der Waals surface area contributed by atoms with Gasteiger partial charge in [0.05, 0.1) is 16.1 Å². The van der Waals surface area contributed by atoms with E-state index < -0.39 is 47.5 Å². The second-order valence-electron chi connectivity index (χ2n) is 15.4. The molecule has 0 aliphatic carbocycles. The van der Waals surface area contributed by atoms with Crippen LogP contribution in [0.15, 0.2) is 60.7 Å². The minimum absolute atomic E-state index is 0.00530. The molecule has 7 amide bonds. The summed E-state index contributed by atoms with van der Waals surface area (Å²) in [7, 11) is 0. The van der Waals surface area contributed by atoms with E-state index in [1.807, 2.05) is 13.8 Å². The number of nitrogens with two attached hydrogens (primary N) is 1. The zero-order chi connectivity index (χ0) is 45.3. The molecule has 2 unspecified atom stereocenters. The first-order valence-electron chi connectivity index (χ1n) is 20.1. The normalized spacial score (nSPS) is 19.1. The minimum Gasteiger partial charge on any atom is -0.482 e. The summed E-state index contributed by atoms with van der Waals surface area (Å²) in [6, 6.07) is 13.2. The molecule has 7 rings (SSSR count). The summed E-state index contributed by atoms with van der Waals surface area (Å²) >= 11 is 12.4. The molecule has 4 aromatic rings. The zero-order valence-electron chi connectivity index (χ0n) is 34.2. The number of halogens is 3. The highest BCUT2D eigenvalue weighted by Gasteiger charge is 2.45. The molecule has 3 aromatic carbocycles. The number of amides is 7. The van der Waals surface area contributed by atoms with E-state index in [-0.39, 0.29) is 100 Å². The van der Waals surface area contributed by atoms with Crippen LogP contribution in [0, 0.1) is 5.82 Å². The van der Waals surface area contributed by atoms with Gasteiger partial charge >= 0.3 is 0 Å². The van der Waals surface area contributed by atoms with Crippen molar-refractivity contribution < 1.29 is 42.7 Å². The van der Waals surface area contributed by atoms with E-state index in [4.69, 9.17) is 33.7 Å². The Morgan fingerprint density at radius 1 is 0.984 bits per heavy atom. The third kappa shape index (κ3) is 9.13. The molecule has 3 aliphatic heterocycles. The summed E-state index contributed by atoms with van der Waals surface area (Å²) in [5.41, 5.74) is 7.44. The van der Waals surface area contributed by atoms with E-state index in [1.54, 1.807) is 53.1 Å². The van der Waals surface area contributed by atoms with Crippen LogP contribution in [0.4, 0.5) is 21.6 Å². The van der Waals surface area contributed by atoms with Crippen LogP contribution in [0.5, 0.6) is 5.75 Å². The highest BCUT2D eigenvalue weighted by Crippen LogP contribution is 2.36. The van der Waals surface area contributed by atoms with Gasteiger partial charge in [-0.2, -0.15) is 0 Å². The van der Waals surface area contributed by atoms with E-state index in [0.717, 1.165) is 11.0 Å². The number of carbonyl (C=O) groups is 7. The average molecular weight is 903 g/mol. The molecule has 0 radical (unpaired) electrons. The second-order valence-corrected chi connectivity index (χ2v) is 16.2. The van der Waals surface area contributed by atoms with Crippen LogP contribution in [0.3, 0.4) is 0 Å². The number of rotatable bonds is 12. The smallest absolute Gasteiger partial charge is 0.276 e. The molecule has 5 N–H and O–H groups in total. The van der Waals surface area contributed by atoms with Crippen molar-refractivity contribution >= 4 is 81.7 Å². The fraction of sp³-hybridized carbons (Fsp3) is 0.326. The predicted octanol–water partition coefficient (Wildman–Crippen LogP) is 5.25. The summed E-state index contributed by atoms with van der Waals surface area (Å²) in [5, 5.41) is 15.7. The molecular formula is C43H42Cl2FN9O8. The molecule has 1 aromatic heterocycles. The minimum atomic E-state index is -1.08. The number of nitrogens with one attached hydrogen (secondary N) is 3. The molecule has 328 valence electrons. The SMILES string of the molecule is CC(Oc1cc(C(=O)Nc2ccc(C(=O)N3C[C@@H](C)N(C(=O)CCCNc4cccc5c4C(=O)N(C4CCC(=O)NC4=O)C5=O)[C@@H](C)C3)cc2)nnc1N)c1c(Cl)ccc(F)c1Cl. The Labute approximate surface area is 370 Å². The molecule has 0 bridgehead atoms. The lowest BCUT2D eigenvalue weighted by atomic mass is 10.0. The Kier molecular flexibility index (Phi) is 12.9. The summed E-state index contributed by atoms with van der Waals surface area (Å²) in [5.74, 6) is -4.18. The fourth-order valence-electron chi connectivity index (χ4n) is 8.06. The number of imide groups is 2. The van der Waals surface area contributed by atoms with Gasteiger partial charge in [-0.05, 0) is 82.1 Å². The van der Waals surface area contributed by atoms with Crippen LogP contribution < -0.4 is 26.4 Å². The number of piperidine rings is 1. The topological polar surface area (TPSA) is 226 Å². The number of nitrogen functional groups attached to an aromatic ring is 1. The molecule has 2 fully saturated rings. The number of piperazine rings is 1. The molecule has 0 spiro atoms. The van der Waals surface area contributed by atoms with Gasteiger partial charge in [-0.15, -0.1) is 10.2 Å². The van der Waals surface area contributed by atoms with E-state index in [9.17, 15) is 38.0 Å². The molecule has 17 nitrogen and oxygen atoms in total. The molecule has 63 heavy (non-hydrogen) atoms. The monoisotopic (exact) mass is 901 g/mol. The van der Waals surface area contributed by atoms with E-state index in [2.05, 4.69) is 26.1 Å². The van der Waals surface area contributed by atoms with Gasteiger partial charge in [-0.3, -0.25) is 43.8 Å². The van der Waals surface area contributed by atoms with Crippen LogP contribution in [0.2, 0.25) is 10.0 Å². The van der Waals surface area contributed by atoms with Crippen molar-refractivity contribution in [2.75, 3.05) is 36.0 Å². The van der Waals surface area contributed by atoms with Gasteiger partial charge < -0.3 is 30.9 Å². The third-order valence-electron chi connectivity index (χ3n) is 11.0. The quantitative estimate of drug-likeness (QED) is 0.0813. The molecule has 20 heteroatoms. The average Bonchev–Trinajstić information content (AvgIpc) is 3.50. The predicted molar refractivity (Wildman–Crippen MR) is 229 cm³/mol. The van der Waals surface area contributed by atoms with E-state index in [1.165, 1.54) is 18.2 Å². The van der Waals surface area contributed by atoms with Crippen molar-refractivity contribution in [3.8, 4) is 5.75 Å². The van der Waals surface area contributed by atoms with Crippen LogP contribution in [0.25, 0.3) is 0 Å². The van der Waals surface area contributed by atoms with Crippen molar-refractivity contribution in [3.05, 3.63) is 104 Å². The van der Waals surface area contributed by atoms with Gasteiger partial charge in [0.25, 0.3) is 23.6 Å². The summed E-state index contributed by atoms with van der Waals surface area (Å²) in [4.78, 5) is 95.3. The Hall–Kier alpha value is -6.66. The van der Waals surface area contributed by atoms with Crippen molar-refractivity contribution in [3.63, 3.8) is 0 Å². The summed E-state index contributed by atoms with van der Waals surface area (Å²) in [6.07, 6.45) is -0.213. The molecule has 4 heterocycles. The highest BCUT2D eigenvalue weighted by atomic mass is 35.5. The van der Waals surface area contributed by atoms with Gasteiger partial charge in [0, 0.05) is 78.2 Å². The second kappa shape index (κ2) is 18.4. The maximum absolute atomic E-state index is 14.1. The Balaban J connectivity index is 0.896. The van der Waals surface area contributed by atoms with Crippen molar-refractivity contribution in [1.82, 2.24) is 30.2 Å². The lowest BCUT2D eigenvalue weighted by Gasteiger charge is -2.44. The van der Waals surface area contributed by atoms with E-state index >= 15 is 0 Å². The number of anilines is 3. The molecule has 2 saturated heterocycles. The van der Waals surface area contributed by atoms with E-state index in [0.29, 0.717) is 29.9 Å². The largest absolute Gasteiger partial charge is 0.482 e. The summed E-state index contributed by atoms with van der Waals surface area (Å²) < 4.78 is 20.0. The zero-order valence-corrected chi connectivity index (χ0v) is 35.8. The highest BCUT2D eigenvalue weighted by molar-refractivity contribution is 6.36. The van der Waals surface area contributed by atoms with Crippen molar-refractivity contribution in [2.45, 2.75) is 70.7 Å². The number of ether oxygens (including phenoxy) is 1. The van der Waals surface area contributed by atoms with Gasteiger partial charge in [0.2, 0.25) is 17.7 Å². The van der Waals surface area contributed by atoms with Gasteiger partial charge in [0.15, 0.2) is 17.3 Å². The van der Waals surface area contributed by atoms with Crippen LogP contribution in [-0.4, -0.2) is 104 Å². The number of aromatic nitrogens is 2. The first kappa shape index (κ1) is 44.4. The molecule has 4 atom stereocenters. The number of hydrogen-bond donors (Lipinski definition) is 4. The fourth-order valence-corrected chi connectivity index (χ4v) is 8.74. The Morgan fingerprint density at radius 2 is 1.70 bits per heavy atom. The van der Waals surface area contributed by atoms with Crippen LogP contribution >= 0.6 is 23.2 Å². The molecular weight excluding hydrogens is 860 g/mol. The van der Waals surface area contributed by atoms with Gasteiger partial charge in [0.1, 0.15) is 18.0 Å². The maximum atomic E-state index is 14.1. The van der Waals surface area contributed by atoms with Crippen LogP contribution in [-0.2, 0) is 14.4 Å². The molecule has 0 saturated carbocycles. The van der Waals surface area contributed by atoms with Crippen LogP contribution in [0.1, 0.15) is 99.7 Å². The summed E-state index contributed by atoms with van der Waals surface area (Å²) in [6.45, 7) is 6.22. The number of carbonyl (C=O) groups excluding carboxylic acids is 7. The van der Waals surface area contributed by atoms with Gasteiger partial charge in [-0.1, -0.05) is 29.3 Å². The number of hydrogen-bond acceptors (Lipinski definition) is 12. The third-order valence-corrected chi connectivity index (χ3v) is 11.8. The van der Waals surface area contributed by atoms with Crippen molar-refractivity contribution in [2.24, 2.45) is 0 Å². The first-order chi connectivity index (χ1) is 30.0. The number of benzene rings is 3. The standard InChI is InChI=1S/C43H42Cl2FN9O8/c1-21-19-53(20-22(2)54(21)34(57)8-5-17-48-29-7-4-6-26-36(29)43(62)55(42(26)61)31-15-16-33(56)50-40(31)59)41(60)24-9-11-25(12-10-24)49-39(58)30-18-32(38(47)52-51-30)63-23(3)35-27(44)13-14-28(46)37(35)45/h4,6-7,9-14,18,21-23,31,48H,5,8,15-17,19-20H2,1-3H3,(H2,47,52)(H,49,58)(H,50,56,59)/t21-,22+,23?,31?. The first-order valence-corrected chi connectivity index (χ1v) is 20.8. The lowest BCUT2D eigenvalue weighted by molar-refractivity contribution is -0.138. The number of fused-ring (bicyclic) bond motifs is 1.